The molecular formula is C18H18F3KN2O2. The Bertz CT molecular complexity index is 747. The molecule has 1 aromatic carbocycles. The fourth-order valence-electron chi connectivity index (χ4n) is 4.34. The molecule has 0 aromatic heterocycles. The standard InChI is InChI=1S/C18H18F3N2O2.K/c1-16-4-5-17(25-16)6-7-24-15(14(17)9-16)23-12-3-2-11(10-22)13(8-12)18(19,20)21;/h2-3,8-9,14-15,23H,4-7H2,1H3;/q-1;+1/t14-,15-,16?,17?;/m0./s1. The van der Waals surface area contributed by atoms with Gasteiger partial charge in [-0.3, -0.25) is 6.42 Å². The van der Waals surface area contributed by atoms with Crippen molar-refractivity contribution in [2.75, 3.05) is 11.9 Å². The van der Waals surface area contributed by atoms with E-state index in [1.165, 1.54) is 12.1 Å². The zero-order valence-electron chi connectivity index (χ0n) is 14.7. The molecule has 0 saturated carbocycles. The number of alkyl halides is 3. The molecule has 1 spiro atoms. The van der Waals surface area contributed by atoms with Gasteiger partial charge < -0.3 is 14.8 Å². The molecule has 3 saturated heterocycles. The number of nitrogens with one attached hydrogen (secondary N) is 1. The third-order valence-electron chi connectivity index (χ3n) is 5.52. The summed E-state index contributed by atoms with van der Waals surface area (Å²) in [5.74, 6) is -0.00928. The number of halogens is 3. The van der Waals surface area contributed by atoms with E-state index in [9.17, 15) is 13.2 Å². The third-order valence-corrected chi connectivity index (χ3v) is 5.52. The number of nitrogens with zero attached hydrogens (tertiary/aromatic N) is 1. The molecule has 4 atom stereocenters. The number of nitriles is 1. The van der Waals surface area contributed by atoms with E-state index in [0.717, 1.165) is 25.3 Å². The predicted molar refractivity (Wildman–Crippen MR) is 83.4 cm³/mol. The molecule has 0 radical (unpaired) electrons. The van der Waals surface area contributed by atoms with Crippen LogP contribution >= 0.6 is 0 Å². The van der Waals surface area contributed by atoms with Gasteiger partial charge in [-0.1, -0.05) is 18.4 Å². The number of ether oxygens (including phenoxy) is 2. The Morgan fingerprint density at radius 3 is 2.73 bits per heavy atom. The molecule has 3 fully saturated rings. The number of hydrogen-bond acceptors (Lipinski definition) is 4. The molecule has 8 heteroatoms. The molecule has 4 nitrogen and oxygen atoms in total. The van der Waals surface area contributed by atoms with Crippen LogP contribution in [0.2, 0.25) is 0 Å². The van der Waals surface area contributed by atoms with Crippen molar-refractivity contribution in [2.45, 2.75) is 49.8 Å². The van der Waals surface area contributed by atoms with Crippen LogP contribution in [-0.2, 0) is 15.7 Å². The van der Waals surface area contributed by atoms with Gasteiger partial charge in [0.15, 0.2) is 0 Å². The zero-order chi connectivity index (χ0) is 17.9. The normalized spacial score (nSPS) is 35.3. The number of hydrogen-bond donors (Lipinski definition) is 1. The summed E-state index contributed by atoms with van der Waals surface area (Å²) in [5.41, 5.74) is -1.59. The first kappa shape index (κ1) is 20.6. The summed E-state index contributed by atoms with van der Waals surface area (Å²) in [5, 5.41) is 12.0. The second-order valence-electron chi connectivity index (χ2n) is 7.23. The van der Waals surface area contributed by atoms with E-state index in [0.29, 0.717) is 6.61 Å². The predicted octanol–water partition coefficient (Wildman–Crippen LogP) is 0.881. The van der Waals surface area contributed by atoms with Crippen LogP contribution in [0.25, 0.3) is 0 Å². The summed E-state index contributed by atoms with van der Waals surface area (Å²) in [6, 6.07) is 5.23. The Morgan fingerprint density at radius 2 is 2.08 bits per heavy atom. The summed E-state index contributed by atoms with van der Waals surface area (Å²) in [6.45, 7) is 2.54. The summed E-state index contributed by atoms with van der Waals surface area (Å²) in [6.07, 6.45) is -0.194. The van der Waals surface area contributed by atoms with Crippen molar-refractivity contribution < 1.29 is 74.0 Å². The van der Waals surface area contributed by atoms with Crippen molar-refractivity contribution in [3.05, 3.63) is 35.7 Å². The van der Waals surface area contributed by atoms with Crippen molar-refractivity contribution in [3.63, 3.8) is 0 Å². The number of anilines is 1. The van der Waals surface area contributed by atoms with E-state index in [4.69, 9.17) is 14.7 Å². The quantitative estimate of drug-likeness (QED) is 0.602. The van der Waals surface area contributed by atoms with Gasteiger partial charge in [0.25, 0.3) is 0 Å². The topological polar surface area (TPSA) is 54.3 Å². The van der Waals surface area contributed by atoms with Crippen LogP contribution < -0.4 is 56.7 Å². The Hall–Kier alpha value is -0.144. The molecule has 2 bridgehead atoms. The molecule has 26 heavy (non-hydrogen) atoms. The number of benzene rings is 1. The van der Waals surface area contributed by atoms with Gasteiger partial charge in [-0.2, -0.15) is 18.4 Å². The van der Waals surface area contributed by atoms with E-state index in [2.05, 4.69) is 11.7 Å². The number of rotatable bonds is 2. The van der Waals surface area contributed by atoms with Crippen molar-refractivity contribution in [2.24, 2.45) is 5.92 Å². The molecule has 3 heterocycles. The fourth-order valence-corrected chi connectivity index (χ4v) is 4.34. The molecular weight excluding hydrogens is 372 g/mol. The second kappa shape index (κ2) is 7.03. The van der Waals surface area contributed by atoms with Crippen molar-refractivity contribution in [1.82, 2.24) is 0 Å². The summed E-state index contributed by atoms with van der Waals surface area (Å²) in [7, 11) is 0. The largest absolute Gasteiger partial charge is 1.00 e. The van der Waals surface area contributed by atoms with Crippen molar-refractivity contribution >= 4 is 5.69 Å². The monoisotopic (exact) mass is 390 g/mol. The van der Waals surface area contributed by atoms with Gasteiger partial charge in [0.1, 0.15) is 6.23 Å². The molecule has 4 rings (SSSR count). The Kier molecular flexibility index (Phi) is 5.57. The average Bonchev–Trinajstić information content (AvgIpc) is 3.04. The maximum Gasteiger partial charge on any atom is 1.00 e. The van der Waals surface area contributed by atoms with E-state index in [1.807, 2.05) is 6.92 Å². The van der Waals surface area contributed by atoms with Crippen molar-refractivity contribution in [3.8, 4) is 6.07 Å². The van der Waals surface area contributed by atoms with Crippen LogP contribution in [0, 0.1) is 23.7 Å². The molecule has 1 N–H and O–H groups in total. The molecule has 0 amide bonds. The average molecular weight is 390 g/mol. The van der Waals surface area contributed by atoms with Crippen LogP contribution in [0.5, 0.6) is 0 Å². The second-order valence-corrected chi connectivity index (χ2v) is 7.23. The van der Waals surface area contributed by atoms with Gasteiger partial charge in [-0.25, -0.2) is 0 Å². The minimum absolute atomic E-state index is 0. The van der Waals surface area contributed by atoms with E-state index in [1.54, 1.807) is 6.07 Å². The molecule has 0 aliphatic carbocycles. The van der Waals surface area contributed by atoms with Gasteiger partial charge in [0.05, 0.1) is 23.8 Å². The maximum absolute atomic E-state index is 13.1. The molecule has 1 aromatic rings. The minimum atomic E-state index is -4.58. The van der Waals surface area contributed by atoms with Crippen molar-refractivity contribution in [1.29, 1.82) is 5.26 Å². The first-order valence-electron chi connectivity index (χ1n) is 8.30. The summed E-state index contributed by atoms with van der Waals surface area (Å²) in [4.78, 5) is 0. The third kappa shape index (κ3) is 3.48. The van der Waals surface area contributed by atoms with E-state index in [-0.39, 0.29) is 79.8 Å². The van der Waals surface area contributed by atoms with Gasteiger partial charge in [0.2, 0.25) is 0 Å². The minimum Gasteiger partial charge on any atom is -0.403 e. The van der Waals surface area contributed by atoms with Crippen LogP contribution in [0.15, 0.2) is 18.2 Å². The van der Waals surface area contributed by atoms with Crippen LogP contribution in [-0.4, -0.2) is 24.0 Å². The van der Waals surface area contributed by atoms with E-state index >= 15 is 0 Å². The smallest absolute Gasteiger partial charge is 0.403 e. The summed E-state index contributed by atoms with van der Waals surface area (Å²) >= 11 is 0. The van der Waals surface area contributed by atoms with Crippen LogP contribution in [0.1, 0.15) is 37.3 Å². The van der Waals surface area contributed by atoms with Crippen LogP contribution in [0.3, 0.4) is 0 Å². The molecule has 2 unspecified atom stereocenters. The van der Waals surface area contributed by atoms with Gasteiger partial charge in [-0.05, 0) is 37.5 Å². The first-order chi connectivity index (χ1) is 11.7. The first-order valence-corrected chi connectivity index (χ1v) is 8.30. The van der Waals surface area contributed by atoms with Gasteiger partial charge in [-0.15, -0.1) is 0 Å². The number of fused-ring (bicyclic) bond motifs is 1. The molecule has 3 aliphatic heterocycles. The zero-order valence-corrected chi connectivity index (χ0v) is 17.8. The van der Waals surface area contributed by atoms with Gasteiger partial charge >= 0.3 is 57.6 Å². The molecule has 3 aliphatic rings. The summed E-state index contributed by atoms with van der Waals surface area (Å²) < 4.78 is 51.5. The van der Waals surface area contributed by atoms with E-state index < -0.39 is 18.0 Å². The Morgan fingerprint density at radius 1 is 1.31 bits per heavy atom. The molecule has 134 valence electrons. The van der Waals surface area contributed by atoms with Gasteiger partial charge in [0, 0.05) is 11.3 Å². The van der Waals surface area contributed by atoms with Crippen LogP contribution in [0.4, 0.5) is 18.9 Å². The SMILES string of the molecule is CC12[CH-][C@H]3[C@@H](Nc4ccc(C#N)c(C(F)(F)F)c4)OCCC3(CC1)O2.[K+]. The maximum atomic E-state index is 13.1. The fraction of sp³-hybridized carbons (Fsp3) is 0.556. The Labute approximate surface area is 192 Å². The Balaban J connectivity index is 0.00000196.